The molecule has 106 valence electrons. The Balaban J connectivity index is 2.31. The van der Waals surface area contributed by atoms with Gasteiger partial charge in [0.05, 0.1) is 12.5 Å². The number of aryl methyl sites for hydroxylation is 1. The second-order valence-electron chi connectivity index (χ2n) is 4.10. The van der Waals surface area contributed by atoms with Crippen molar-refractivity contribution in [1.29, 1.82) is 0 Å². The van der Waals surface area contributed by atoms with Gasteiger partial charge in [-0.2, -0.15) is 5.10 Å². The van der Waals surface area contributed by atoms with E-state index in [4.69, 9.17) is 0 Å². The van der Waals surface area contributed by atoms with Crippen LogP contribution in [0, 0.1) is 24.0 Å². The number of carbonyl (C=O) groups is 1. The molecule has 0 unspecified atom stereocenters. The number of hydrogen-bond acceptors (Lipinski definition) is 5. The summed E-state index contributed by atoms with van der Waals surface area (Å²) in [4.78, 5) is 22.7. The maximum Gasteiger partial charge on any atom is 0.312 e. The van der Waals surface area contributed by atoms with E-state index in [2.05, 4.69) is 37.0 Å². The maximum absolute atomic E-state index is 12.2. The highest BCUT2D eigenvalue weighted by Crippen LogP contribution is 2.32. The van der Waals surface area contributed by atoms with Gasteiger partial charge >= 0.3 is 5.69 Å². The molecular weight excluding hydrogens is 414 g/mol. The zero-order valence-electron chi connectivity index (χ0n) is 10.5. The molecular formula is C11H9Br2N3O3S. The Morgan fingerprint density at radius 3 is 2.60 bits per heavy atom. The second kappa shape index (κ2) is 5.74. The van der Waals surface area contributed by atoms with Crippen LogP contribution in [-0.4, -0.2) is 20.5 Å². The van der Waals surface area contributed by atoms with Gasteiger partial charge in [0, 0.05) is 5.56 Å². The molecule has 0 aliphatic carbocycles. The number of nitrogens with zero attached hydrogens (tertiary/aromatic N) is 3. The molecule has 0 aromatic carbocycles. The summed E-state index contributed by atoms with van der Waals surface area (Å²) in [6.07, 6.45) is 0. The highest BCUT2D eigenvalue weighted by atomic mass is 79.9. The molecule has 9 heteroatoms. The fourth-order valence-electron chi connectivity index (χ4n) is 1.86. The highest BCUT2D eigenvalue weighted by molar-refractivity contribution is 9.12. The van der Waals surface area contributed by atoms with E-state index in [0.29, 0.717) is 17.0 Å². The third-order valence-corrected chi connectivity index (χ3v) is 5.12. The van der Waals surface area contributed by atoms with Crippen LogP contribution in [0.15, 0.2) is 13.6 Å². The van der Waals surface area contributed by atoms with E-state index in [-0.39, 0.29) is 18.0 Å². The van der Waals surface area contributed by atoms with Gasteiger partial charge in [0.2, 0.25) is 0 Å². The van der Waals surface area contributed by atoms with Crippen molar-refractivity contribution >= 4 is 54.7 Å². The molecule has 20 heavy (non-hydrogen) atoms. The number of aromatic nitrogens is 2. The van der Waals surface area contributed by atoms with Crippen LogP contribution < -0.4 is 0 Å². The van der Waals surface area contributed by atoms with Gasteiger partial charge in [0.25, 0.3) is 0 Å². The lowest BCUT2D eigenvalue weighted by Gasteiger charge is -2.02. The Hall–Kier alpha value is -1.06. The summed E-state index contributed by atoms with van der Waals surface area (Å²) in [5.41, 5.74) is 1.19. The van der Waals surface area contributed by atoms with Gasteiger partial charge in [-0.3, -0.25) is 19.6 Å². The molecule has 2 rings (SSSR count). The third-order valence-electron chi connectivity index (χ3n) is 2.78. The summed E-state index contributed by atoms with van der Waals surface area (Å²) < 4.78 is 2.94. The van der Waals surface area contributed by atoms with Crippen molar-refractivity contribution in [2.24, 2.45) is 0 Å². The Morgan fingerprint density at radius 2 is 2.15 bits per heavy atom. The van der Waals surface area contributed by atoms with Gasteiger partial charge in [0.1, 0.15) is 17.9 Å². The molecule has 2 aromatic rings. The first-order chi connectivity index (χ1) is 9.31. The van der Waals surface area contributed by atoms with E-state index in [0.717, 1.165) is 7.57 Å². The van der Waals surface area contributed by atoms with Crippen LogP contribution in [-0.2, 0) is 6.54 Å². The van der Waals surface area contributed by atoms with Crippen molar-refractivity contribution in [1.82, 2.24) is 9.78 Å². The fraction of sp³-hybridized carbons (Fsp3) is 0.273. The monoisotopic (exact) mass is 421 g/mol. The van der Waals surface area contributed by atoms with Crippen molar-refractivity contribution in [3.05, 3.63) is 40.7 Å². The first-order valence-electron chi connectivity index (χ1n) is 5.47. The van der Waals surface area contributed by atoms with E-state index in [1.165, 1.54) is 16.0 Å². The average Bonchev–Trinajstić information content (AvgIpc) is 2.79. The number of Topliss-reactive ketones (excluding diaryl/α,β-unsaturated/α-hetero) is 1. The van der Waals surface area contributed by atoms with Crippen LogP contribution in [0.5, 0.6) is 0 Å². The van der Waals surface area contributed by atoms with Crippen molar-refractivity contribution < 1.29 is 9.72 Å². The zero-order valence-corrected chi connectivity index (χ0v) is 14.5. The largest absolute Gasteiger partial charge is 0.312 e. The molecule has 0 radical (unpaired) electrons. The Morgan fingerprint density at radius 1 is 1.50 bits per heavy atom. The SMILES string of the molecule is Cc1nn(CC(=O)c2cc(Br)sc2Br)c(C)c1[N+](=O)[O-]. The number of carbonyl (C=O) groups excluding carboxylic acids is 1. The molecule has 0 fully saturated rings. The number of ketones is 1. The minimum absolute atomic E-state index is 0.0255. The molecule has 0 aliphatic heterocycles. The van der Waals surface area contributed by atoms with Crippen molar-refractivity contribution in [3.8, 4) is 0 Å². The van der Waals surface area contributed by atoms with Crippen LogP contribution >= 0.6 is 43.2 Å². The smallest absolute Gasteiger partial charge is 0.292 e. The van der Waals surface area contributed by atoms with Crippen LogP contribution in [0.1, 0.15) is 21.7 Å². The van der Waals surface area contributed by atoms with E-state index in [1.54, 1.807) is 19.9 Å². The Bertz CT molecular complexity index is 708. The predicted octanol–water partition coefficient (Wildman–Crippen LogP) is 3.88. The van der Waals surface area contributed by atoms with E-state index in [9.17, 15) is 14.9 Å². The summed E-state index contributed by atoms with van der Waals surface area (Å²) in [5.74, 6) is -0.153. The molecule has 2 aromatic heterocycles. The molecule has 6 nitrogen and oxygen atoms in total. The van der Waals surface area contributed by atoms with Crippen LogP contribution in [0.25, 0.3) is 0 Å². The highest BCUT2D eigenvalue weighted by Gasteiger charge is 2.23. The number of hydrogen-bond donors (Lipinski definition) is 0. The van der Waals surface area contributed by atoms with Crippen molar-refractivity contribution in [2.75, 3.05) is 0 Å². The predicted molar refractivity (Wildman–Crippen MR) is 82.4 cm³/mol. The molecule has 0 bridgehead atoms. The maximum atomic E-state index is 12.2. The number of nitro groups is 1. The lowest BCUT2D eigenvalue weighted by molar-refractivity contribution is -0.386. The molecule has 0 spiro atoms. The van der Waals surface area contributed by atoms with Crippen molar-refractivity contribution in [3.63, 3.8) is 0 Å². The van der Waals surface area contributed by atoms with Gasteiger partial charge < -0.3 is 0 Å². The quantitative estimate of drug-likeness (QED) is 0.425. The van der Waals surface area contributed by atoms with Crippen LogP contribution in [0.3, 0.4) is 0 Å². The second-order valence-corrected chi connectivity index (χ2v) is 7.84. The summed E-state index contributed by atoms with van der Waals surface area (Å²) in [6, 6.07) is 1.72. The van der Waals surface area contributed by atoms with E-state index in [1.807, 2.05) is 0 Å². The minimum Gasteiger partial charge on any atom is -0.292 e. The molecule has 0 saturated heterocycles. The Labute approximate surface area is 135 Å². The fourth-order valence-corrected chi connectivity index (χ4v) is 4.71. The normalized spacial score (nSPS) is 10.8. The van der Waals surface area contributed by atoms with Crippen LogP contribution in [0.4, 0.5) is 5.69 Å². The molecule has 0 N–H and O–H groups in total. The lowest BCUT2D eigenvalue weighted by Crippen LogP contribution is -2.13. The minimum atomic E-state index is -0.476. The number of rotatable bonds is 4. The molecule has 0 aliphatic rings. The summed E-state index contributed by atoms with van der Waals surface area (Å²) in [6.45, 7) is 3.12. The first-order valence-corrected chi connectivity index (χ1v) is 7.88. The number of thiophene rings is 1. The Kier molecular flexibility index (Phi) is 4.40. The van der Waals surface area contributed by atoms with E-state index >= 15 is 0 Å². The summed E-state index contributed by atoms with van der Waals surface area (Å²) >= 11 is 8.03. The van der Waals surface area contributed by atoms with E-state index < -0.39 is 4.92 Å². The van der Waals surface area contributed by atoms with Crippen molar-refractivity contribution in [2.45, 2.75) is 20.4 Å². The molecule has 0 atom stereocenters. The summed E-state index contributed by atoms with van der Waals surface area (Å²) in [7, 11) is 0. The van der Waals surface area contributed by atoms with Gasteiger partial charge in [-0.15, -0.1) is 11.3 Å². The zero-order chi connectivity index (χ0) is 15.0. The molecule has 2 heterocycles. The molecule has 0 amide bonds. The standard InChI is InChI=1S/C11H9Br2N3O3S/c1-5-10(16(18)19)6(2)15(14-5)4-8(17)7-3-9(12)20-11(7)13/h3H,4H2,1-2H3. The average molecular weight is 423 g/mol. The molecule has 0 saturated carbocycles. The van der Waals surface area contributed by atoms with Gasteiger partial charge in [-0.05, 0) is 51.8 Å². The topological polar surface area (TPSA) is 78.0 Å². The number of halogens is 2. The first kappa shape index (κ1) is 15.3. The van der Waals surface area contributed by atoms with Gasteiger partial charge in [-0.1, -0.05) is 0 Å². The summed E-state index contributed by atoms with van der Waals surface area (Å²) in [5, 5.41) is 15.0. The lowest BCUT2D eigenvalue weighted by atomic mass is 10.2. The van der Waals surface area contributed by atoms with Crippen LogP contribution in [0.2, 0.25) is 0 Å². The third kappa shape index (κ3) is 2.84. The van der Waals surface area contributed by atoms with Gasteiger partial charge in [-0.25, -0.2) is 0 Å². The van der Waals surface area contributed by atoms with Gasteiger partial charge in [0.15, 0.2) is 5.78 Å².